The quantitative estimate of drug-likeness (QED) is 0.828. The molecular weight excluding hydrogens is 260 g/mol. The van der Waals surface area contributed by atoms with Gasteiger partial charge in [-0.3, -0.25) is 9.59 Å². The molecule has 1 aliphatic rings. The van der Waals surface area contributed by atoms with Crippen molar-refractivity contribution in [2.75, 3.05) is 38.8 Å². The van der Waals surface area contributed by atoms with Crippen LogP contribution < -0.4 is 15.0 Å². The third-order valence-corrected chi connectivity index (χ3v) is 3.12. The molecule has 1 aliphatic heterocycles. The number of methoxy groups -OCH3 is 1. The fourth-order valence-corrected chi connectivity index (χ4v) is 1.96. The van der Waals surface area contributed by atoms with Gasteiger partial charge in [0.15, 0.2) is 0 Å². The van der Waals surface area contributed by atoms with Crippen LogP contribution in [-0.4, -0.2) is 45.7 Å². The van der Waals surface area contributed by atoms with Gasteiger partial charge in [0.2, 0.25) is 5.91 Å². The molecule has 0 aliphatic carbocycles. The molecule has 6 nitrogen and oxygen atoms in total. The number of carbonyl (C=O) groups is 2. The molecule has 1 heterocycles. The molecule has 2 rings (SSSR count). The maximum Gasteiger partial charge on any atom is 0.251 e. The highest BCUT2D eigenvalue weighted by atomic mass is 16.5. The van der Waals surface area contributed by atoms with E-state index in [0.29, 0.717) is 43.2 Å². The van der Waals surface area contributed by atoms with E-state index in [1.165, 1.54) is 4.90 Å². The van der Waals surface area contributed by atoms with E-state index in [0.717, 1.165) is 0 Å². The average Bonchev–Trinajstić information content (AvgIpc) is 2.59. The van der Waals surface area contributed by atoms with Gasteiger partial charge in [0.05, 0.1) is 25.3 Å². The molecule has 1 N–H and O–H groups in total. The topological polar surface area (TPSA) is 67.9 Å². The Morgan fingerprint density at radius 3 is 3.05 bits per heavy atom. The van der Waals surface area contributed by atoms with Crippen LogP contribution in [0.4, 0.5) is 5.69 Å². The van der Waals surface area contributed by atoms with E-state index in [4.69, 9.17) is 9.47 Å². The van der Waals surface area contributed by atoms with Gasteiger partial charge in [0.1, 0.15) is 5.75 Å². The van der Waals surface area contributed by atoms with E-state index in [9.17, 15) is 9.59 Å². The van der Waals surface area contributed by atoms with Gasteiger partial charge in [-0.15, -0.1) is 0 Å². The van der Waals surface area contributed by atoms with E-state index in [-0.39, 0.29) is 11.8 Å². The van der Waals surface area contributed by atoms with Crippen LogP contribution in [0.2, 0.25) is 0 Å². The first-order valence-corrected chi connectivity index (χ1v) is 6.44. The van der Waals surface area contributed by atoms with E-state index < -0.39 is 0 Å². The highest BCUT2D eigenvalue weighted by Crippen LogP contribution is 2.31. The molecule has 20 heavy (non-hydrogen) atoms. The third kappa shape index (κ3) is 3.08. The number of hydrogen-bond acceptors (Lipinski definition) is 4. The van der Waals surface area contributed by atoms with Crippen molar-refractivity contribution in [3.63, 3.8) is 0 Å². The summed E-state index contributed by atoms with van der Waals surface area (Å²) in [6.07, 6.45) is 0.334. The van der Waals surface area contributed by atoms with Gasteiger partial charge >= 0.3 is 0 Å². The maximum absolute atomic E-state index is 12.0. The molecule has 0 aromatic heterocycles. The van der Waals surface area contributed by atoms with Crippen molar-refractivity contribution < 1.29 is 19.1 Å². The van der Waals surface area contributed by atoms with Crippen molar-refractivity contribution in [1.82, 2.24) is 5.32 Å². The molecule has 0 bridgehead atoms. The summed E-state index contributed by atoms with van der Waals surface area (Å²) in [5.74, 6) is 0.391. The highest BCUT2D eigenvalue weighted by molar-refractivity contribution is 5.99. The summed E-state index contributed by atoms with van der Waals surface area (Å²) < 4.78 is 10.4. The van der Waals surface area contributed by atoms with Crippen LogP contribution in [0, 0.1) is 0 Å². The number of rotatable bonds is 4. The number of fused-ring (bicyclic) bond motifs is 1. The summed E-state index contributed by atoms with van der Waals surface area (Å²) in [6.45, 7) is 1.26. The van der Waals surface area contributed by atoms with Crippen molar-refractivity contribution >= 4 is 17.5 Å². The first-order valence-electron chi connectivity index (χ1n) is 6.44. The summed E-state index contributed by atoms with van der Waals surface area (Å²) >= 11 is 0. The zero-order valence-electron chi connectivity index (χ0n) is 11.6. The number of amides is 2. The Hall–Kier alpha value is -2.08. The number of carbonyl (C=O) groups excluding carboxylic acids is 2. The average molecular weight is 278 g/mol. The number of nitrogens with one attached hydrogen (secondary N) is 1. The Bertz CT molecular complexity index is 516. The van der Waals surface area contributed by atoms with Gasteiger partial charge in [-0.1, -0.05) is 0 Å². The SMILES string of the molecule is COCCNC(=O)c1ccc2c(c1)N(C)C(=O)CCO2. The molecule has 0 atom stereocenters. The molecule has 0 saturated heterocycles. The van der Waals surface area contributed by atoms with Crippen molar-refractivity contribution in [3.05, 3.63) is 23.8 Å². The van der Waals surface area contributed by atoms with Crippen LogP contribution in [0.3, 0.4) is 0 Å². The van der Waals surface area contributed by atoms with E-state index >= 15 is 0 Å². The molecule has 2 amide bonds. The second kappa shape index (κ2) is 6.38. The van der Waals surface area contributed by atoms with Gasteiger partial charge in [0, 0.05) is 26.3 Å². The Labute approximate surface area is 117 Å². The highest BCUT2D eigenvalue weighted by Gasteiger charge is 2.21. The minimum absolute atomic E-state index is 0.0271. The molecule has 0 fully saturated rings. The molecule has 0 spiro atoms. The van der Waals surface area contributed by atoms with E-state index in [1.807, 2.05) is 0 Å². The lowest BCUT2D eigenvalue weighted by Gasteiger charge is -2.17. The van der Waals surface area contributed by atoms with Crippen LogP contribution in [0.1, 0.15) is 16.8 Å². The summed E-state index contributed by atoms with van der Waals surface area (Å²) in [5, 5.41) is 2.74. The predicted molar refractivity (Wildman–Crippen MR) is 74.2 cm³/mol. The normalized spacial score (nSPS) is 14.3. The van der Waals surface area contributed by atoms with Crippen molar-refractivity contribution in [1.29, 1.82) is 0 Å². The fourth-order valence-electron chi connectivity index (χ4n) is 1.96. The summed E-state index contributed by atoms with van der Waals surface area (Å²) in [4.78, 5) is 25.3. The van der Waals surface area contributed by atoms with Crippen LogP contribution in [0.5, 0.6) is 5.75 Å². The summed E-state index contributed by atoms with van der Waals surface area (Å²) in [7, 11) is 3.26. The van der Waals surface area contributed by atoms with Gasteiger partial charge in [-0.05, 0) is 18.2 Å². The first kappa shape index (κ1) is 14.3. The molecule has 108 valence electrons. The Morgan fingerprint density at radius 1 is 1.50 bits per heavy atom. The molecule has 0 unspecified atom stereocenters. The molecular formula is C14H18N2O4. The zero-order chi connectivity index (χ0) is 14.5. The number of hydrogen-bond donors (Lipinski definition) is 1. The van der Waals surface area contributed by atoms with Gasteiger partial charge in [-0.25, -0.2) is 0 Å². The number of benzene rings is 1. The summed E-state index contributed by atoms with van der Waals surface area (Å²) in [6, 6.07) is 5.07. The second-order valence-electron chi connectivity index (χ2n) is 4.48. The van der Waals surface area contributed by atoms with Crippen molar-refractivity contribution in [2.45, 2.75) is 6.42 Å². The smallest absolute Gasteiger partial charge is 0.251 e. The molecule has 0 radical (unpaired) electrons. The molecule has 0 saturated carbocycles. The Morgan fingerprint density at radius 2 is 2.30 bits per heavy atom. The third-order valence-electron chi connectivity index (χ3n) is 3.12. The van der Waals surface area contributed by atoms with E-state index in [1.54, 1.807) is 32.4 Å². The van der Waals surface area contributed by atoms with Crippen molar-refractivity contribution in [3.8, 4) is 5.75 Å². The summed E-state index contributed by atoms with van der Waals surface area (Å²) in [5.41, 5.74) is 1.11. The molecule has 6 heteroatoms. The minimum Gasteiger partial charge on any atom is -0.491 e. The predicted octanol–water partition coefficient (Wildman–Crippen LogP) is 0.808. The Balaban J connectivity index is 2.19. The first-order chi connectivity index (χ1) is 9.63. The number of nitrogens with zero attached hydrogens (tertiary/aromatic N) is 1. The van der Waals surface area contributed by atoms with Gasteiger partial charge < -0.3 is 19.7 Å². The lowest BCUT2D eigenvalue weighted by Crippen LogP contribution is -2.28. The monoisotopic (exact) mass is 278 g/mol. The van der Waals surface area contributed by atoms with Gasteiger partial charge in [-0.2, -0.15) is 0 Å². The second-order valence-corrected chi connectivity index (χ2v) is 4.48. The lowest BCUT2D eigenvalue weighted by molar-refractivity contribution is -0.118. The number of ether oxygens (including phenoxy) is 2. The largest absolute Gasteiger partial charge is 0.491 e. The van der Waals surface area contributed by atoms with Crippen LogP contribution in [0.25, 0.3) is 0 Å². The minimum atomic E-state index is -0.199. The van der Waals surface area contributed by atoms with Crippen LogP contribution in [-0.2, 0) is 9.53 Å². The Kier molecular flexibility index (Phi) is 4.57. The maximum atomic E-state index is 12.0. The standard InChI is InChI=1S/C14H18N2O4/c1-16-11-9-10(14(18)15-6-8-19-2)3-4-12(11)20-7-5-13(16)17/h3-4,9H,5-8H2,1-2H3,(H,15,18). The lowest BCUT2D eigenvalue weighted by atomic mass is 10.1. The van der Waals surface area contributed by atoms with E-state index in [2.05, 4.69) is 5.32 Å². The molecule has 1 aromatic rings. The van der Waals surface area contributed by atoms with Crippen LogP contribution in [0.15, 0.2) is 18.2 Å². The fraction of sp³-hybridized carbons (Fsp3) is 0.429. The van der Waals surface area contributed by atoms with Crippen LogP contribution >= 0.6 is 0 Å². The number of anilines is 1. The van der Waals surface area contributed by atoms with Gasteiger partial charge in [0.25, 0.3) is 5.91 Å². The van der Waals surface area contributed by atoms with Crippen molar-refractivity contribution in [2.24, 2.45) is 0 Å². The molecule has 1 aromatic carbocycles. The zero-order valence-corrected chi connectivity index (χ0v) is 11.6.